The molecule has 2 aromatic carbocycles. The summed E-state index contributed by atoms with van der Waals surface area (Å²) in [4.78, 5) is 24.6. The van der Waals surface area contributed by atoms with Crippen LogP contribution in [0.2, 0.25) is 0 Å². The third-order valence-corrected chi connectivity index (χ3v) is 3.92. The minimum atomic E-state index is -0.855. The lowest BCUT2D eigenvalue weighted by Gasteiger charge is -2.18. The number of carbonyl (C=O) groups excluding carboxylic acids is 1. The summed E-state index contributed by atoms with van der Waals surface area (Å²) in [7, 11) is 3.50. The van der Waals surface area contributed by atoms with Gasteiger partial charge in [0.05, 0.1) is 16.6 Å². The zero-order valence-electron chi connectivity index (χ0n) is 14.4. The number of aryl methyl sites for hydroxylation is 1. The second kappa shape index (κ2) is 7.76. The van der Waals surface area contributed by atoms with Crippen molar-refractivity contribution in [2.45, 2.75) is 13.0 Å². The number of aliphatic hydroxyl groups is 1. The van der Waals surface area contributed by atoms with E-state index in [1.807, 2.05) is 25.1 Å². The van der Waals surface area contributed by atoms with Gasteiger partial charge in [-0.05, 0) is 24.1 Å². The molecule has 0 aliphatic carbocycles. The number of nitro groups is 1. The minimum absolute atomic E-state index is 0.0131. The van der Waals surface area contributed by atoms with E-state index in [1.54, 1.807) is 25.1 Å². The first kappa shape index (κ1) is 18.4. The van der Waals surface area contributed by atoms with Gasteiger partial charge in [0.2, 0.25) is 0 Å². The molecule has 0 saturated heterocycles. The van der Waals surface area contributed by atoms with Gasteiger partial charge in [0.25, 0.3) is 11.6 Å². The van der Waals surface area contributed by atoms with Gasteiger partial charge in [-0.25, -0.2) is 0 Å². The van der Waals surface area contributed by atoms with Crippen molar-refractivity contribution in [3.8, 4) is 0 Å². The number of nitro benzene ring substituents is 1. The molecule has 0 aromatic heterocycles. The summed E-state index contributed by atoms with van der Waals surface area (Å²) in [5, 5.41) is 23.9. The highest BCUT2D eigenvalue weighted by Crippen LogP contribution is 2.24. The highest BCUT2D eigenvalue weighted by Gasteiger charge is 2.19. The van der Waals surface area contributed by atoms with Gasteiger partial charge in [0, 0.05) is 38.5 Å². The van der Waals surface area contributed by atoms with Crippen LogP contribution in [0, 0.1) is 17.0 Å². The lowest BCUT2D eigenvalue weighted by molar-refractivity contribution is -0.384. The van der Waals surface area contributed by atoms with E-state index in [0.717, 1.165) is 11.1 Å². The first-order valence-corrected chi connectivity index (χ1v) is 7.78. The van der Waals surface area contributed by atoms with Crippen molar-refractivity contribution in [3.05, 3.63) is 69.3 Å². The number of anilines is 1. The molecule has 1 unspecified atom stereocenters. The molecule has 0 heterocycles. The summed E-state index contributed by atoms with van der Waals surface area (Å²) in [5.74, 6) is -0.472. The molecule has 2 aromatic rings. The predicted molar refractivity (Wildman–Crippen MR) is 95.9 cm³/mol. The summed E-state index contributed by atoms with van der Waals surface area (Å²) >= 11 is 0. The summed E-state index contributed by atoms with van der Waals surface area (Å²) < 4.78 is 0. The second-order valence-corrected chi connectivity index (χ2v) is 5.94. The van der Waals surface area contributed by atoms with Gasteiger partial charge < -0.3 is 15.3 Å². The largest absolute Gasteiger partial charge is 0.387 e. The van der Waals surface area contributed by atoms with Crippen molar-refractivity contribution in [2.24, 2.45) is 0 Å². The van der Waals surface area contributed by atoms with Crippen molar-refractivity contribution in [2.75, 3.05) is 25.5 Å². The first-order chi connectivity index (χ1) is 11.8. The van der Waals surface area contributed by atoms with Gasteiger partial charge >= 0.3 is 0 Å². The van der Waals surface area contributed by atoms with Crippen LogP contribution in [0.25, 0.3) is 0 Å². The maximum absolute atomic E-state index is 12.5. The molecule has 0 fully saturated rings. The Morgan fingerprint density at radius 2 is 1.96 bits per heavy atom. The Hall–Kier alpha value is -2.93. The van der Waals surface area contributed by atoms with E-state index < -0.39 is 16.9 Å². The Labute approximate surface area is 146 Å². The minimum Gasteiger partial charge on any atom is -0.387 e. The third-order valence-electron chi connectivity index (χ3n) is 3.92. The van der Waals surface area contributed by atoms with Crippen LogP contribution >= 0.6 is 0 Å². The number of amides is 1. The van der Waals surface area contributed by atoms with Gasteiger partial charge in [0.15, 0.2) is 0 Å². The Balaban J connectivity index is 2.18. The normalized spacial score (nSPS) is 11.7. The van der Waals surface area contributed by atoms with E-state index in [9.17, 15) is 20.0 Å². The molecule has 0 bridgehead atoms. The standard InChI is InChI=1S/C18H21N3O4/c1-12-6-4-5-7-14(12)17(22)11-19-18(23)15-10-13(21(24)25)8-9-16(15)20(2)3/h4-10,17,22H,11H2,1-3H3,(H,19,23). The van der Waals surface area contributed by atoms with Crippen LogP contribution in [0.15, 0.2) is 42.5 Å². The fraction of sp³-hybridized carbons (Fsp3) is 0.278. The average Bonchev–Trinajstić information content (AvgIpc) is 2.59. The molecule has 25 heavy (non-hydrogen) atoms. The van der Waals surface area contributed by atoms with E-state index in [4.69, 9.17) is 0 Å². The molecular formula is C18H21N3O4. The quantitative estimate of drug-likeness (QED) is 0.620. The van der Waals surface area contributed by atoms with Gasteiger partial charge in [-0.2, -0.15) is 0 Å². The zero-order chi connectivity index (χ0) is 18.6. The Bertz CT molecular complexity index is 790. The number of carbonyl (C=O) groups is 1. The van der Waals surface area contributed by atoms with Crippen molar-refractivity contribution >= 4 is 17.3 Å². The number of benzene rings is 2. The van der Waals surface area contributed by atoms with Crippen molar-refractivity contribution in [1.82, 2.24) is 5.32 Å². The summed E-state index contributed by atoms with van der Waals surface area (Å²) in [6.07, 6.45) is -0.855. The topological polar surface area (TPSA) is 95.7 Å². The summed E-state index contributed by atoms with van der Waals surface area (Å²) in [6, 6.07) is 11.5. The van der Waals surface area contributed by atoms with Crippen LogP contribution in [-0.2, 0) is 0 Å². The molecule has 132 valence electrons. The zero-order valence-corrected chi connectivity index (χ0v) is 14.4. The number of non-ortho nitro benzene ring substituents is 1. The maximum atomic E-state index is 12.5. The smallest absolute Gasteiger partial charge is 0.270 e. The molecule has 2 N–H and O–H groups in total. The molecule has 7 heteroatoms. The molecule has 2 rings (SSSR count). The fourth-order valence-electron chi connectivity index (χ4n) is 2.56. The second-order valence-electron chi connectivity index (χ2n) is 5.94. The van der Waals surface area contributed by atoms with Crippen molar-refractivity contribution in [3.63, 3.8) is 0 Å². The van der Waals surface area contributed by atoms with Gasteiger partial charge in [-0.1, -0.05) is 24.3 Å². The molecule has 0 spiro atoms. The van der Waals surface area contributed by atoms with Crippen LogP contribution in [0.5, 0.6) is 0 Å². The molecule has 7 nitrogen and oxygen atoms in total. The van der Waals surface area contributed by atoms with Crippen LogP contribution in [0.4, 0.5) is 11.4 Å². The fourth-order valence-corrected chi connectivity index (χ4v) is 2.56. The summed E-state index contributed by atoms with van der Waals surface area (Å²) in [5.41, 5.74) is 2.25. The molecule has 0 saturated carbocycles. The lowest BCUT2D eigenvalue weighted by Crippen LogP contribution is -2.30. The third kappa shape index (κ3) is 4.33. The highest BCUT2D eigenvalue weighted by atomic mass is 16.6. The first-order valence-electron chi connectivity index (χ1n) is 7.78. The molecule has 0 aliphatic rings. The van der Waals surface area contributed by atoms with Gasteiger partial charge in [-0.3, -0.25) is 14.9 Å². The number of nitrogens with one attached hydrogen (secondary N) is 1. The number of rotatable bonds is 6. The Morgan fingerprint density at radius 3 is 2.56 bits per heavy atom. The number of hydrogen-bond acceptors (Lipinski definition) is 5. The Morgan fingerprint density at radius 1 is 1.28 bits per heavy atom. The van der Waals surface area contributed by atoms with E-state index in [-0.39, 0.29) is 17.8 Å². The number of hydrogen-bond donors (Lipinski definition) is 2. The monoisotopic (exact) mass is 343 g/mol. The molecule has 0 radical (unpaired) electrons. The van der Waals surface area contributed by atoms with Crippen LogP contribution in [0.3, 0.4) is 0 Å². The number of aliphatic hydroxyl groups excluding tert-OH is 1. The number of nitrogens with zero attached hydrogens (tertiary/aromatic N) is 2. The van der Waals surface area contributed by atoms with Crippen molar-refractivity contribution < 1.29 is 14.8 Å². The van der Waals surface area contributed by atoms with E-state index in [0.29, 0.717) is 5.69 Å². The molecule has 1 amide bonds. The predicted octanol–water partition coefficient (Wildman–Crippen LogP) is 2.43. The van der Waals surface area contributed by atoms with Gasteiger partial charge in [-0.15, -0.1) is 0 Å². The van der Waals surface area contributed by atoms with E-state index in [2.05, 4.69) is 5.32 Å². The summed E-state index contributed by atoms with van der Waals surface area (Å²) in [6.45, 7) is 1.89. The van der Waals surface area contributed by atoms with Crippen LogP contribution in [0.1, 0.15) is 27.6 Å². The molecule has 1 atom stereocenters. The average molecular weight is 343 g/mol. The Kier molecular flexibility index (Phi) is 5.71. The van der Waals surface area contributed by atoms with E-state index in [1.165, 1.54) is 18.2 Å². The highest BCUT2D eigenvalue weighted by molar-refractivity contribution is 6.00. The van der Waals surface area contributed by atoms with Crippen LogP contribution < -0.4 is 10.2 Å². The van der Waals surface area contributed by atoms with Crippen molar-refractivity contribution in [1.29, 1.82) is 0 Å². The SMILES string of the molecule is Cc1ccccc1C(O)CNC(=O)c1cc([N+](=O)[O-])ccc1N(C)C. The van der Waals surface area contributed by atoms with Crippen LogP contribution in [-0.4, -0.2) is 36.6 Å². The van der Waals surface area contributed by atoms with E-state index >= 15 is 0 Å². The lowest BCUT2D eigenvalue weighted by atomic mass is 10.0. The maximum Gasteiger partial charge on any atom is 0.270 e. The molecule has 0 aliphatic heterocycles. The molecular weight excluding hydrogens is 322 g/mol. The van der Waals surface area contributed by atoms with Gasteiger partial charge in [0.1, 0.15) is 0 Å².